The molecule has 0 aromatic heterocycles. The van der Waals surface area contributed by atoms with E-state index in [9.17, 15) is 22.8 Å². The Morgan fingerprint density at radius 2 is 1.83 bits per heavy atom. The van der Waals surface area contributed by atoms with Gasteiger partial charge in [0, 0.05) is 49.5 Å². The first-order chi connectivity index (χ1) is 17.0. The molecule has 1 heterocycles. The van der Waals surface area contributed by atoms with E-state index in [1.54, 1.807) is 55.1 Å². The molecule has 0 saturated carbocycles. The zero-order chi connectivity index (χ0) is 26.2. The van der Waals surface area contributed by atoms with Crippen LogP contribution in [0.1, 0.15) is 40.9 Å². The van der Waals surface area contributed by atoms with Crippen LogP contribution in [0.3, 0.4) is 0 Å². The molecule has 0 aliphatic carbocycles. The predicted molar refractivity (Wildman–Crippen MR) is 136 cm³/mol. The third-order valence-electron chi connectivity index (χ3n) is 5.97. The number of nitrogens with zero attached hydrogens (tertiary/aromatic N) is 4. The van der Waals surface area contributed by atoms with E-state index in [-0.39, 0.29) is 18.0 Å². The second-order valence-corrected chi connectivity index (χ2v) is 9.92. The SMILES string of the molecule is CC1(C)C(=O)N(Cc2cccc(N=[N+]=[N-])c2)c2cc(C(=O)NCc3c(F)cc(F)cc3F)cc(I)c21. The Morgan fingerprint density at radius 1 is 1.14 bits per heavy atom. The van der Waals surface area contributed by atoms with Crippen LogP contribution in [0.5, 0.6) is 0 Å². The van der Waals surface area contributed by atoms with E-state index in [1.807, 2.05) is 0 Å². The van der Waals surface area contributed by atoms with Gasteiger partial charge in [0.15, 0.2) is 0 Å². The number of halogens is 4. The maximum atomic E-state index is 14.0. The maximum Gasteiger partial charge on any atom is 0.251 e. The molecule has 7 nitrogen and oxygen atoms in total. The molecular formula is C25H19F3IN5O2. The topological polar surface area (TPSA) is 98.2 Å². The van der Waals surface area contributed by atoms with Crippen molar-refractivity contribution in [3.8, 4) is 0 Å². The van der Waals surface area contributed by atoms with Crippen molar-refractivity contribution in [3.05, 3.63) is 102 Å². The number of anilines is 1. The highest BCUT2D eigenvalue weighted by Gasteiger charge is 2.45. The van der Waals surface area contributed by atoms with Gasteiger partial charge in [-0.25, -0.2) is 13.2 Å². The third kappa shape index (κ3) is 4.76. The number of nitrogens with one attached hydrogen (secondary N) is 1. The normalized spacial score (nSPS) is 13.8. The van der Waals surface area contributed by atoms with Gasteiger partial charge in [0.05, 0.1) is 17.6 Å². The largest absolute Gasteiger partial charge is 0.348 e. The Balaban J connectivity index is 1.66. The molecule has 3 aromatic rings. The summed E-state index contributed by atoms with van der Waals surface area (Å²) in [5, 5.41) is 6.05. The predicted octanol–water partition coefficient (Wildman–Crippen LogP) is 6.40. The van der Waals surface area contributed by atoms with Crippen molar-refractivity contribution < 1.29 is 22.8 Å². The van der Waals surface area contributed by atoms with E-state index >= 15 is 0 Å². The number of rotatable bonds is 6. The van der Waals surface area contributed by atoms with Gasteiger partial charge in [0.1, 0.15) is 17.5 Å². The van der Waals surface area contributed by atoms with Crippen molar-refractivity contribution >= 4 is 45.8 Å². The van der Waals surface area contributed by atoms with Gasteiger partial charge in [-0.05, 0) is 65.7 Å². The molecule has 0 unspecified atom stereocenters. The lowest BCUT2D eigenvalue weighted by molar-refractivity contribution is -0.122. The van der Waals surface area contributed by atoms with Gasteiger partial charge < -0.3 is 10.2 Å². The Kier molecular flexibility index (Phi) is 6.96. The van der Waals surface area contributed by atoms with Crippen LogP contribution < -0.4 is 10.2 Å². The number of hydrogen-bond donors (Lipinski definition) is 1. The summed E-state index contributed by atoms with van der Waals surface area (Å²) in [6.07, 6.45) is 0. The van der Waals surface area contributed by atoms with Gasteiger partial charge in [-0.15, -0.1) is 0 Å². The molecule has 0 radical (unpaired) electrons. The number of benzene rings is 3. The minimum Gasteiger partial charge on any atom is -0.348 e. The van der Waals surface area contributed by atoms with Crippen molar-refractivity contribution in [2.75, 3.05) is 4.90 Å². The van der Waals surface area contributed by atoms with Crippen LogP contribution in [0.25, 0.3) is 10.4 Å². The summed E-state index contributed by atoms with van der Waals surface area (Å²) >= 11 is 2.06. The fourth-order valence-electron chi connectivity index (χ4n) is 4.23. The number of carbonyl (C=O) groups excluding carboxylic acids is 2. The molecule has 2 amide bonds. The lowest BCUT2D eigenvalue weighted by Crippen LogP contribution is -2.35. The molecule has 0 bridgehead atoms. The molecular weight excluding hydrogens is 586 g/mol. The number of fused-ring (bicyclic) bond motifs is 1. The van der Waals surface area contributed by atoms with E-state index in [1.165, 1.54) is 0 Å². The molecule has 184 valence electrons. The van der Waals surface area contributed by atoms with Crippen LogP contribution in [0.15, 0.2) is 53.6 Å². The Hall–Kier alpha value is -3.57. The molecule has 0 atom stereocenters. The maximum absolute atomic E-state index is 14.0. The fourth-order valence-corrected chi connectivity index (χ4v) is 5.51. The molecule has 3 aromatic carbocycles. The van der Waals surface area contributed by atoms with Crippen LogP contribution in [-0.4, -0.2) is 11.8 Å². The number of carbonyl (C=O) groups is 2. The first-order valence-corrected chi connectivity index (χ1v) is 11.8. The van der Waals surface area contributed by atoms with Crippen molar-refractivity contribution in [3.63, 3.8) is 0 Å². The van der Waals surface area contributed by atoms with Crippen LogP contribution >= 0.6 is 22.6 Å². The number of amides is 2. The third-order valence-corrected chi connectivity index (χ3v) is 6.82. The van der Waals surface area contributed by atoms with Gasteiger partial charge in [0.25, 0.3) is 5.91 Å². The van der Waals surface area contributed by atoms with E-state index in [0.29, 0.717) is 27.1 Å². The number of azide groups is 1. The second kappa shape index (κ2) is 9.82. The van der Waals surface area contributed by atoms with E-state index in [2.05, 4.69) is 37.9 Å². The van der Waals surface area contributed by atoms with Gasteiger partial charge in [-0.2, -0.15) is 0 Å². The molecule has 36 heavy (non-hydrogen) atoms. The van der Waals surface area contributed by atoms with Crippen LogP contribution in [0.4, 0.5) is 24.5 Å². The summed E-state index contributed by atoms with van der Waals surface area (Å²) in [5.41, 5.74) is 10.0. The number of hydrogen-bond acceptors (Lipinski definition) is 3. The highest BCUT2D eigenvalue weighted by atomic mass is 127. The summed E-state index contributed by atoms with van der Waals surface area (Å²) < 4.78 is 41.8. The summed E-state index contributed by atoms with van der Waals surface area (Å²) in [6.45, 7) is 3.29. The lowest BCUT2D eigenvalue weighted by atomic mass is 9.86. The Labute approximate surface area is 218 Å². The molecule has 0 spiro atoms. The van der Waals surface area contributed by atoms with Crippen molar-refractivity contribution in [1.29, 1.82) is 0 Å². The summed E-state index contributed by atoms with van der Waals surface area (Å²) in [5.74, 6) is -4.03. The smallest absolute Gasteiger partial charge is 0.251 e. The van der Waals surface area contributed by atoms with Crippen LogP contribution in [-0.2, 0) is 23.3 Å². The van der Waals surface area contributed by atoms with E-state index in [4.69, 9.17) is 5.53 Å². The Morgan fingerprint density at radius 3 is 2.50 bits per heavy atom. The quantitative estimate of drug-likeness (QED) is 0.152. The molecule has 1 N–H and O–H groups in total. The molecule has 1 aliphatic heterocycles. The van der Waals surface area contributed by atoms with Gasteiger partial charge in [0.2, 0.25) is 5.91 Å². The van der Waals surface area contributed by atoms with E-state index in [0.717, 1.165) is 11.1 Å². The van der Waals surface area contributed by atoms with Gasteiger partial charge in [-0.3, -0.25) is 9.59 Å². The van der Waals surface area contributed by atoms with E-state index < -0.39 is 40.9 Å². The molecule has 11 heteroatoms. The highest BCUT2D eigenvalue weighted by Crippen LogP contribution is 2.45. The molecule has 4 rings (SSSR count). The van der Waals surface area contributed by atoms with Gasteiger partial charge >= 0.3 is 0 Å². The average Bonchev–Trinajstić information content (AvgIpc) is 2.99. The minimum absolute atomic E-state index is 0.169. The zero-order valence-electron chi connectivity index (χ0n) is 19.2. The van der Waals surface area contributed by atoms with Crippen LogP contribution in [0, 0.1) is 21.0 Å². The van der Waals surface area contributed by atoms with Crippen molar-refractivity contribution in [2.45, 2.75) is 32.4 Å². The average molecular weight is 605 g/mol. The second-order valence-electron chi connectivity index (χ2n) is 8.76. The van der Waals surface area contributed by atoms with Gasteiger partial charge in [-0.1, -0.05) is 23.3 Å². The highest BCUT2D eigenvalue weighted by molar-refractivity contribution is 14.1. The summed E-state index contributed by atoms with van der Waals surface area (Å²) in [6, 6.07) is 11.1. The first kappa shape index (κ1) is 25.5. The minimum atomic E-state index is -1.10. The van der Waals surface area contributed by atoms with Crippen molar-refractivity contribution in [2.24, 2.45) is 5.11 Å². The summed E-state index contributed by atoms with van der Waals surface area (Å²) in [7, 11) is 0. The van der Waals surface area contributed by atoms with Crippen LogP contribution in [0.2, 0.25) is 0 Å². The molecule has 0 saturated heterocycles. The standard InChI is InChI=1S/C25H19F3IN5O2/c1-25(2)22-20(29)7-14(23(35)31-11-17-18(27)9-15(26)10-19(17)28)8-21(22)34(24(25)36)12-13-4-3-5-16(6-13)32-33-30/h3-10H,11-12H2,1-2H3,(H,31,35). The zero-order valence-corrected chi connectivity index (χ0v) is 21.3. The fraction of sp³-hybridized carbons (Fsp3) is 0.200. The lowest BCUT2D eigenvalue weighted by Gasteiger charge is -2.20. The monoisotopic (exact) mass is 605 g/mol. The molecule has 1 aliphatic rings. The molecule has 0 fully saturated rings. The summed E-state index contributed by atoms with van der Waals surface area (Å²) in [4.78, 5) is 30.6. The first-order valence-electron chi connectivity index (χ1n) is 10.7. The van der Waals surface area contributed by atoms with Crippen molar-refractivity contribution in [1.82, 2.24) is 5.32 Å². The Bertz CT molecular complexity index is 1430.